The third-order valence-corrected chi connectivity index (χ3v) is 5.52. The van der Waals surface area contributed by atoms with Crippen LogP contribution in [0.3, 0.4) is 0 Å². The fraction of sp³-hybridized carbons (Fsp3) is 0.217. The van der Waals surface area contributed by atoms with E-state index >= 15 is 0 Å². The highest BCUT2D eigenvalue weighted by molar-refractivity contribution is 5.93. The topological polar surface area (TPSA) is 91.2 Å². The van der Waals surface area contributed by atoms with Crippen molar-refractivity contribution in [1.29, 1.82) is 0 Å². The minimum atomic E-state index is -4.92. The highest BCUT2D eigenvalue weighted by Gasteiger charge is 2.54. The Morgan fingerprint density at radius 1 is 1.12 bits per heavy atom. The third kappa shape index (κ3) is 4.26. The molecule has 2 aromatic heterocycles. The molecular weight excluding hydrogens is 461 g/mol. The van der Waals surface area contributed by atoms with Gasteiger partial charge in [-0.2, -0.15) is 13.2 Å². The number of hydrogen-bond acceptors (Lipinski definition) is 5. The Kier molecular flexibility index (Phi) is 5.90. The normalized spacial score (nSPS) is 13.7. The van der Waals surface area contributed by atoms with Gasteiger partial charge in [-0.25, -0.2) is 18.6 Å². The summed E-state index contributed by atoms with van der Waals surface area (Å²) in [5.74, 6) is -1.26. The van der Waals surface area contributed by atoms with E-state index in [0.29, 0.717) is 11.1 Å². The zero-order valence-corrected chi connectivity index (χ0v) is 17.6. The molecule has 4 rings (SSSR count). The summed E-state index contributed by atoms with van der Waals surface area (Å²) in [6, 6.07) is 8.93. The van der Waals surface area contributed by atoms with Crippen LogP contribution in [-0.4, -0.2) is 21.3 Å². The van der Waals surface area contributed by atoms with Gasteiger partial charge >= 0.3 is 11.8 Å². The monoisotopic (exact) mass is 479 g/mol. The van der Waals surface area contributed by atoms with E-state index in [4.69, 9.17) is 4.42 Å². The molecule has 0 radical (unpaired) electrons. The first kappa shape index (κ1) is 23.4. The first-order chi connectivity index (χ1) is 16.0. The molecule has 178 valence electrons. The maximum Gasteiger partial charge on any atom is 0.422 e. The molecule has 1 atom stereocenters. The SMILES string of the molecule is CC[C@@](O)(c1cnc(NCc2cc3oc(=O)cc(-c4ccc(F)cc4)c3cc2F)[nH]1)C(F)(F)F. The number of benzene rings is 2. The van der Waals surface area contributed by atoms with Gasteiger partial charge in [0.1, 0.15) is 17.2 Å². The van der Waals surface area contributed by atoms with Gasteiger partial charge in [-0.05, 0) is 41.8 Å². The predicted octanol–water partition coefficient (Wildman–Crippen LogP) is 5.23. The van der Waals surface area contributed by atoms with E-state index in [0.717, 1.165) is 12.3 Å². The molecule has 11 heteroatoms. The van der Waals surface area contributed by atoms with Crippen LogP contribution in [0.25, 0.3) is 22.1 Å². The number of imidazole rings is 1. The van der Waals surface area contributed by atoms with Gasteiger partial charge in [0.2, 0.25) is 11.5 Å². The largest absolute Gasteiger partial charge is 0.423 e. The van der Waals surface area contributed by atoms with E-state index in [1.807, 2.05) is 0 Å². The van der Waals surface area contributed by atoms with Crippen LogP contribution in [0.5, 0.6) is 0 Å². The van der Waals surface area contributed by atoms with Crippen molar-refractivity contribution in [3.05, 3.63) is 82.0 Å². The minimum Gasteiger partial charge on any atom is -0.423 e. The van der Waals surface area contributed by atoms with Gasteiger partial charge in [0.25, 0.3) is 0 Å². The van der Waals surface area contributed by atoms with Gasteiger partial charge in [-0.3, -0.25) is 0 Å². The Morgan fingerprint density at radius 2 is 1.82 bits per heavy atom. The number of H-pyrrole nitrogens is 1. The van der Waals surface area contributed by atoms with Crippen molar-refractivity contribution in [2.45, 2.75) is 31.7 Å². The van der Waals surface area contributed by atoms with Crippen molar-refractivity contribution in [3.8, 4) is 11.1 Å². The van der Waals surface area contributed by atoms with Crippen LogP contribution in [0.15, 0.2) is 57.9 Å². The molecule has 0 saturated heterocycles. The van der Waals surface area contributed by atoms with Gasteiger partial charge in [-0.15, -0.1) is 0 Å². The first-order valence-electron chi connectivity index (χ1n) is 10.1. The number of alkyl halides is 3. The molecule has 0 aliphatic carbocycles. The number of aliphatic hydroxyl groups is 1. The summed E-state index contributed by atoms with van der Waals surface area (Å²) in [6.45, 7) is 0.968. The maximum atomic E-state index is 14.8. The summed E-state index contributed by atoms with van der Waals surface area (Å²) in [4.78, 5) is 18.2. The quantitative estimate of drug-likeness (QED) is 0.260. The number of fused-ring (bicyclic) bond motifs is 1. The molecular formula is C23H18F5N3O3. The van der Waals surface area contributed by atoms with Crippen LogP contribution in [0.4, 0.5) is 27.9 Å². The molecule has 34 heavy (non-hydrogen) atoms. The van der Waals surface area contributed by atoms with Gasteiger partial charge in [0.05, 0.1) is 11.9 Å². The van der Waals surface area contributed by atoms with E-state index in [9.17, 15) is 31.9 Å². The number of aromatic nitrogens is 2. The summed E-state index contributed by atoms with van der Waals surface area (Å²) in [7, 11) is 0. The summed E-state index contributed by atoms with van der Waals surface area (Å²) in [6.07, 6.45) is -4.70. The maximum absolute atomic E-state index is 14.8. The van der Waals surface area contributed by atoms with Gasteiger partial charge in [0.15, 0.2) is 0 Å². The number of halogens is 5. The second kappa shape index (κ2) is 8.56. The molecule has 0 fully saturated rings. The van der Waals surface area contributed by atoms with Crippen molar-refractivity contribution in [2.75, 3.05) is 5.32 Å². The van der Waals surface area contributed by atoms with E-state index in [-0.39, 0.29) is 29.0 Å². The van der Waals surface area contributed by atoms with Crippen LogP contribution < -0.4 is 10.9 Å². The Balaban J connectivity index is 1.63. The van der Waals surface area contributed by atoms with Crippen LogP contribution in [0, 0.1) is 11.6 Å². The van der Waals surface area contributed by atoms with Gasteiger partial charge in [-0.1, -0.05) is 19.1 Å². The molecule has 0 saturated carbocycles. The molecule has 0 amide bonds. The van der Waals surface area contributed by atoms with E-state index < -0.39 is 41.2 Å². The van der Waals surface area contributed by atoms with Crippen molar-refractivity contribution < 1.29 is 31.5 Å². The molecule has 2 heterocycles. The summed E-state index contributed by atoms with van der Waals surface area (Å²) in [5.41, 5.74) is -3.40. The second-order valence-corrected chi connectivity index (χ2v) is 7.64. The molecule has 2 aromatic carbocycles. The van der Waals surface area contributed by atoms with Crippen LogP contribution >= 0.6 is 0 Å². The number of aromatic amines is 1. The lowest BCUT2D eigenvalue weighted by Gasteiger charge is -2.27. The molecule has 0 aliphatic rings. The van der Waals surface area contributed by atoms with Gasteiger partial charge < -0.3 is 19.8 Å². The highest BCUT2D eigenvalue weighted by atomic mass is 19.4. The lowest BCUT2D eigenvalue weighted by Crippen LogP contribution is -2.42. The van der Waals surface area contributed by atoms with E-state index in [2.05, 4.69) is 15.3 Å². The molecule has 6 nitrogen and oxygen atoms in total. The summed E-state index contributed by atoms with van der Waals surface area (Å²) < 4.78 is 73.0. The Bertz CT molecular complexity index is 1400. The fourth-order valence-electron chi connectivity index (χ4n) is 3.57. The predicted molar refractivity (Wildman–Crippen MR) is 114 cm³/mol. The Labute approximate surface area is 189 Å². The van der Waals surface area contributed by atoms with Crippen LogP contribution in [0.2, 0.25) is 0 Å². The lowest BCUT2D eigenvalue weighted by molar-refractivity contribution is -0.269. The van der Waals surface area contributed by atoms with Crippen molar-refractivity contribution in [1.82, 2.24) is 9.97 Å². The van der Waals surface area contributed by atoms with Crippen molar-refractivity contribution in [2.24, 2.45) is 0 Å². The van der Waals surface area contributed by atoms with Crippen LogP contribution in [0.1, 0.15) is 24.6 Å². The molecule has 4 aromatic rings. The molecule has 0 bridgehead atoms. The van der Waals surface area contributed by atoms with Crippen LogP contribution in [-0.2, 0) is 12.1 Å². The van der Waals surface area contributed by atoms with Gasteiger partial charge in [0, 0.05) is 23.6 Å². The van der Waals surface area contributed by atoms with Crippen molar-refractivity contribution >= 4 is 16.9 Å². The second-order valence-electron chi connectivity index (χ2n) is 7.64. The summed E-state index contributed by atoms with van der Waals surface area (Å²) in [5, 5.41) is 12.9. The lowest BCUT2D eigenvalue weighted by atomic mass is 9.96. The minimum absolute atomic E-state index is 0.0476. The number of anilines is 1. The zero-order chi connectivity index (χ0) is 24.7. The molecule has 0 aliphatic heterocycles. The first-order valence-corrected chi connectivity index (χ1v) is 10.1. The number of nitrogens with one attached hydrogen (secondary N) is 2. The Morgan fingerprint density at radius 3 is 2.47 bits per heavy atom. The fourth-order valence-corrected chi connectivity index (χ4v) is 3.57. The Hall–Kier alpha value is -3.73. The smallest absolute Gasteiger partial charge is 0.422 e. The number of nitrogens with zero attached hydrogens (tertiary/aromatic N) is 1. The molecule has 0 spiro atoms. The number of rotatable bonds is 6. The van der Waals surface area contributed by atoms with E-state index in [1.54, 1.807) is 0 Å². The van der Waals surface area contributed by atoms with Crippen molar-refractivity contribution in [3.63, 3.8) is 0 Å². The average molecular weight is 479 g/mol. The van der Waals surface area contributed by atoms with E-state index in [1.165, 1.54) is 43.3 Å². The summed E-state index contributed by atoms with van der Waals surface area (Å²) >= 11 is 0. The standard InChI is InChI=1S/C23H18F5N3O3/c1-2-22(33,23(26,27)28)19-11-30-21(31-19)29-10-13-7-18-16(8-17(13)25)15(9-20(32)34-18)12-3-5-14(24)6-4-12/h3-9,11,33H,2,10H2,1H3,(H2,29,30,31)/t22-/m1/s1. The number of hydrogen-bond donors (Lipinski definition) is 3. The third-order valence-electron chi connectivity index (χ3n) is 5.52. The zero-order valence-electron chi connectivity index (χ0n) is 17.6. The molecule has 3 N–H and O–H groups in total. The average Bonchev–Trinajstić information content (AvgIpc) is 3.26. The molecule has 0 unspecified atom stereocenters. The highest BCUT2D eigenvalue weighted by Crippen LogP contribution is 2.41.